The third-order valence-corrected chi connectivity index (χ3v) is 5.98. The number of nitrogens with one attached hydrogen (secondary N) is 1. The summed E-state index contributed by atoms with van der Waals surface area (Å²) >= 11 is 0. The molecule has 35 heavy (non-hydrogen) atoms. The second-order valence-electron chi connectivity index (χ2n) is 8.28. The highest BCUT2D eigenvalue weighted by Gasteiger charge is 2.12. The van der Waals surface area contributed by atoms with Crippen LogP contribution in [-0.4, -0.2) is 33.0 Å². The molecule has 3 aromatic heterocycles. The highest BCUT2D eigenvalue weighted by atomic mass is 16.5. The monoisotopic (exact) mass is 466 g/mol. The number of ether oxygens (including phenoxy) is 1. The molecule has 7 nitrogen and oxygen atoms in total. The minimum absolute atomic E-state index is 0.0997. The van der Waals surface area contributed by atoms with E-state index < -0.39 is 0 Å². The zero-order chi connectivity index (χ0) is 24.2. The van der Waals surface area contributed by atoms with Gasteiger partial charge in [-0.05, 0) is 73.0 Å². The third-order valence-electron chi connectivity index (χ3n) is 5.98. The summed E-state index contributed by atoms with van der Waals surface area (Å²) in [5.41, 5.74) is 4.63. The van der Waals surface area contributed by atoms with Crippen LogP contribution in [0, 0.1) is 0 Å². The number of carbonyl (C=O) groups is 1. The Balaban J connectivity index is 1.26. The lowest BCUT2D eigenvalue weighted by Gasteiger charge is -2.12. The van der Waals surface area contributed by atoms with E-state index in [2.05, 4.69) is 10.3 Å². The fourth-order valence-corrected chi connectivity index (χ4v) is 4.22. The Morgan fingerprint density at radius 3 is 2.46 bits per heavy atom. The van der Waals surface area contributed by atoms with Crippen LogP contribution in [0.4, 0.5) is 0 Å². The molecule has 1 N–H and O–H groups in total. The zero-order valence-corrected chi connectivity index (χ0v) is 19.5. The first-order valence-corrected chi connectivity index (χ1v) is 11.7. The van der Waals surface area contributed by atoms with Crippen molar-refractivity contribution in [3.05, 3.63) is 112 Å². The lowest BCUT2D eigenvalue weighted by molar-refractivity contribution is 0.0954. The van der Waals surface area contributed by atoms with Crippen molar-refractivity contribution in [3.8, 4) is 5.75 Å². The molecule has 0 aliphatic carbocycles. The van der Waals surface area contributed by atoms with Crippen molar-refractivity contribution in [1.82, 2.24) is 19.3 Å². The van der Waals surface area contributed by atoms with Crippen molar-refractivity contribution in [2.24, 2.45) is 0 Å². The summed E-state index contributed by atoms with van der Waals surface area (Å²) in [6.07, 6.45) is 4.30. The Hall–Kier alpha value is -4.39. The molecule has 0 saturated heterocycles. The Kier molecular flexibility index (Phi) is 6.30. The van der Waals surface area contributed by atoms with E-state index in [1.165, 1.54) is 0 Å². The molecule has 0 aliphatic heterocycles. The SMILES string of the molecule is CCOc1ccc(CCNC(=O)c2ccc(Cn3c(=O)c4cccn4c4cccnc43)cc2)cc1. The van der Waals surface area contributed by atoms with Gasteiger partial charge in [0, 0.05) is 24.5 Å². The van der Waals surface area contributed by atoms with Crippen LogP contribution in [0.2, 0.25) is 0 Å². The van der Waals surface area contributed by atoms with Gasteiger partial charge in [-0.15, -0.1) is 0 Å². The molecule has 0 aliphatic rings. The molecule has 0 fully saturated rings. The number of carbonyl (C=O) groups excluding carboxylic acids is 1. The van der Waals surface area contributed by atoms with Crippen LogP contribution in [0.25, 0.3) is 16.7 Å². The number of hydrogen-bond donors (Lipinski definition) is 1. The predicted octanol–water partition coefficient (Wildman–Crippen LogP) is 4.07. The molecule has 5 aromatic rings. The Labute approximate surface area is 202 Å². The van der Waals surface area contributed by atoms with Gasteiger partial charge in [-0.1, -0.05) is 24.3 Å². The number of aromatic nitrogens is 3. The minimum atomic E-state index is -0.124. The molecule has 7 heteroatoms. The number of benzene rings is 2. The number of pyridine rings is 1. The van der Waals surface area contributed by atoms with Crippen LogP contribution in [0.1, 0.15) is 28.4 Å². The molecular weight excluding hydrogens is 440 g/mol. The highest BCUT2D eigenvalue weighted by molar-refractivity contribution is 5.94. The third kappa shape index (κ3) is 4.66. The fraction of sp³-hybridized carbons (Fsp3) is 0.179. The molecule has 0 bridgehead atoms. The van der Waals surface area contributed by atoms with Crippen LogP contribution in [-0.2, 0) is 13.0 Å². The van der Waals surface area contributed by atoms with Gasteiger partial charge in [-0.25, -0.2) is 4.98 Å². The summed E-state index contributed by atoms with van der Waals surface area (Å²) < 4.78 is 9.00. The second-order valence-corrected chi connectivity index (χ2v) is 8.28. The Morgan fingerprint density at radius 2 is 1.69 bits per heavy atom. The van der Waals surface area contributed by atoms with Crippen molar-refractivity contribution in [1.29, 1.82) is 0 Å². The molecule has 2 aromatic carbocycles. The number of rotatable bonds is 8. The van der Waals surface area contributed by atoms with E-state index in [1.54, 1.807) is 22.9 Å². The summed E-state index contributed by atoms with van der Waals surface area (Å²) in [4.78, 5) is 30.1. The molecule has 0 saturated carbocycles. The van der Waals surface area contributed by atoms with Gasteiger partial charge < -0.3 is 14.5 Å². The van der Waals surface area contributed by atoms with Crippen LogP contribution in [0.5, 0.6) is 5.75 Å². The number of hydrogen-bond acceptors (Lipinski definition) is 4. The summed E-state index contributed by atoms with van der Waals surface area (Å²) in [6.45, 7) is 3.51. The minimum Gasteiger partial charge on any atom is -0.494 e. The van der Waals surface area contributed by atoms with Crippen molar-refractivity contribution < 1.29 is 9.53 Å². The van der Waals surface area contributed by atoms with Gasteiger partial charge in [-0.3, -0.25) is 14.2 Å². The van der Waals surface area contributed by atoms with E-state index in [0.29, 0.717) is 36.4 Å². The van der Waals surface area contributed by atoms with E-state index in [4.69, 9.17) is 4.74 Å². The quantitative estimate of drug-likeness (QED) is 0.374. The molecule has 0 unspecified atom stereocenters. The molecule has 0 radical (unpaired) electrons. The van der Waals surface area contributed by atoms with Gasteiger partial charge in [0.15, 0.2) is 5.65 Å². The maximum Gasteiger partial charge on any atom is 0.276 e. The normalized spacial score (nSPS) is 11.1. The lowest BCUT2D eigenvalue weighted by atomic mass is 10.1. The van der Waals surface area contributed by atoms with E-state index in [0.717, 1.165) is 28.8 Å². The van der Waals surface area contributed by atoms with Gasteiger partial charge in [0.2, 0.25) is 0 Å². The van der Waals surface area contributed by atoms with Gasteiger partial charge in [0.25, 0.3) is 11.5 Å². The molecule has 0 spiro atoms. The van der Waals surface area contributed by atoms with E-state index in [1.807, 2.05) is 78.2 Å². The Morgan fingerprint density at radius 1 is 0.943 bits per heavy atom. The lowest BCUT2D eigenvalue weighted by Crippen LogP contribution is -2.26. The zero-order valence-electron chi connectivity index (χ0n) is 19.5. The molecule has 0 atom stereocenters. The summed E-state index contributed by atoms with van der Waals surface area (Å²) in [6, 6.07) is 22.7. The average Bonchev–Trinajstić information content (AvgIpc) is 3.39. The van der Waals surface area contributed by atoms with Gasteiger partial charge >= 0.3 is 0 Å². The summed E-state index contributed by atoms with van der Waals surface area (Å²) in [5, 5.41) is 2.97. The van der Waals surface area contributed by atoms with Gasteiger partial charge in [-0.2, -0.15) is 0 Å². The van der Waals surface area contributed by atoms with Crippen LogP contribution in [0.3, 0.4) is 0 Å². The van der Waals surface area contributed by atoms with Crippen LogP contribution in [0.15, 0.2) is 90.0 Å². The molecule has 5 rings (SSSR count). The van der Waals surface area contributed by atoms with E-state index >= 15 is 0 Å². The summed E-state index contributed by atoms with van der Waals surface area (Å²) in [7, 11) is 0. The van der Waals surface area contributed by atoms with E-state index in [-0.39, 0.29) is 11.5 Å². The molecule has 1 amide bonds. The maximum absolute atomic E-state index is 13.1. The molecular formula is C28H26N4O3. The average molecular weight is 467 g/mol. The Bertz CT molecular complexity index is 1530. The topological polar surface area (TPSA) is 77.6 Å². The number of fused-ring (bicyclic) bond motifs is 3. The fourth-order valence-electron chi connectivity index (χ4n) is 4.22. The first-order valence-electron chi connectivity index (χ1n) is 11.7. The van der Waals surface area contributed by atoms with E-state index in [9.17, 15) is 9.59 Å². The standard InChI is InChI=1S/C28H26N4O3/c1-2-35-23-13-9-20(10-14-23)15-17-30-27(33)22-11-7-21(8-12-22)19-32-26-24(5-3-16-29-26)31-18-4-6-25(31)28(32)34/h3-14,16,18H,2,15,17,19H2,1H3,(H,30,33). The van der Waals surface area contributed by atoms with Gasteiger partial charge in [0.05, 0.1) is 18.7 Å². The highest BCUT2D eigenvalue weighted by Crippen LogP contribution is 2.15. The predicted molar refractivity (Wildman–Crippen MR) is 136 cm³/mol. The maximum atomic E-state index is 13.1. The molecule has 176 valence electrons. The van der Waals surface area contributed by atoms with Gasteiger partial charge in [0.1, 0.15) is 11.3 Å². The largest absolute Gasteiger partial charge is 0.494 e. The van der Waals surface area contributed by atoms with Crippen LogP contribution < -0.4 is 15.6 Å². The van der Waals surface area contributed by atoms with Crippen molar-refractivity contribution >= 4 is 22.6 Å². The van der Waals surface area contributed by atoms with Crippen LogP contribution >= 0.6 is 0 Å². The smallest absolute Gasteiger partial charge is 0.276 e. The summed E-state index contributed by atoms with van der Waals surface area (Å²) in [5.74, 6) is 0.723. The number of nitrogens with zero attached hydrogens (tertiary/aromatic N) is 3. The second kappa shape index (κ2) is 9.85. The number of amides is 1. The van der Waals surface area contributed by atoms with Crippen molar-refractivity contribution in [2.45, 2.75) is 19.9 Å². The first-order chi connectivity index (χ1) is 17.1. The van der Waals surface area contributed by atoms with Crippen molar-refractivity contribution in [2.75, 3.05) is 13.2 Å². The van der Waals surface area contributed by atoms with Crippen molar-refractivity contribution in [3.63, 3.8) is 0 Å². The first kappa shape index (κ1) is 22.4. The molecule has 3 heterocycles.